The molecule has 148 valence electrons. The van der Waals surface area contributed by atoms with Gasteiger partial charge in [0.2, 0.25) is 0 Å². The molecule has 4 rings (SSSR count). The average molecular weight is 372 g/mol. The number of nitro benzene ring substituents is 1. The van der Waals surface area contributed by atoms with Crippen LogP contribution in [0.4, 0.5) is 11.4 Å². The number of rotatable bonds is 4. The van der Waals surface area contributed by atoms with Crippen LogP contribution in [0, 0.1) is 10.1 Å². The SMILES string of the molecule is O=[N+]([O-])c1ccccc1N[C@@H]1C[C@H]2CCC[C@@H](C1)N2C1CCCCCCC1. The van der Waals surface area contributed by atoms with Crippen LogP contribution in [0.2, 0.25) is 0 Å². The predicted molar refractivity (Wildman–Crippen MR) is 109 cm³/mol. The third-order valence-corrected chi connectivity index (χ3v) is 6.99. The highest BCUT2D eigenvalue weighted by atomic mass is 16.6. The molecule has 5 nitrogen and oxygen atoms in total. The Morgan fingerprint density at radius 2 is 1.44 bits per heavy atom. The Morgan fingerprint density at radius 1 is 0.852 bits per heavy atom. The summed E-state index contributed by atoms with van der Waals surface area (Å²) in [6.45, 7) is 0. The Morgan fingerprint density at radius 3 is 2.11 bits per heavy atom. The zero-order valence-electron chi connectivity index (χ0n) is 16.3. The van der Waals surface area contributed by atoms with Gasteiger partial charge in [-0.05, 0) is 44.6 Å². The first-order valence-electron chi connectivity index (χ1n) is 11.0. The van der Waals surface area contributed by atoms with Gasteiger partial charge in [0.05, 0.1) is 4.92 Å². The number of hydrogen-bond acceptors (Lipinski definition) is 4. The summed E-state index contributed by atoms with van der Waals surface area (Å²) in [5.41, 5.74) is 0.884. The fraction of sp³-hybridized carbons (Fsp3) is 0.727. The Balaban J connectivity index is 1.46. The molecule has 1 saturated carbocycles. The first-order valence-corrected chi connectivity index (χ1v) is 11.0. The van der Waals surface area contributed by atoms with Crippen LogP contribution in [0.5, 0.6) is 0 Å². The largest absolute Gasteiger partial charge is 0.377 e. The van der Waals surface area contributed by atoms with Crippen molar-refractivity contribution in [3.8, 4) is 0 Å². The van der Waals surface area contributed by atoms with Crippen LogP contribution in [0.1, 0.15) is 77.0 Å². The van der Waals surface area contributed by atoms with Gasteiger partial charge in [-0.3, -0.25) is 15.0 Å². The van der Waals surface area contributed by atoms with E-state index in [2.05, 4.69) is 10.2 Å². The van der Waals surface area contributed by atoms with E-state index in [9.17, 15) is 10.1 Å². The van der Waals surface area contributed by atoms with Gasteiger partial charge in [-0.25, -0.2) is 0 Å². The van der Waals surface area contributed by atoms with Gasteiger partial charge in [-0.1, -0.05) is 50.7 Å². The molecule has 3 aliphatic rings. The number of para-hydroxylation sites is 2. The lowest BCUT2D eigenvalue weighted by atomic mass is 9.79. The minimum atomic E-state index is -0.271. The maximum atomic E-state index is 11.3. The van der Waals surface area contributed by atoms with Gasteiger partial charge in [0.25, 0.3) is 5.69 Å². The molecule has 2 heterocycles. The molecular weight excluding hydrogens is 338 g/mol. The first-order chi connectivity index (χ1) is 13.2. The molecule has 3 atom stereocenters. The van der Waals surface area contributed by atoms with E-state index in [-0.39, 0.29) is 10.6 Å². The van der Waals surface area contributed by atoms with Crippen LogP contribution in [-0.2, 0) is 0 Å². The first kappa shape index (κ1) is 18.7. The number of piperidine rings is 2. The van der Waals surface area contributed by atoms with Crippen molar-refractivity contribution in [2.75, 3.05) is 5.32 Å². The lowest BCUT2D eigenvalue weighted by Gasteiger charge is -2.53. The summed E-state index contributed by atoms with van der Waals surface area (Å²) in [6.07, 6.45) is 15.9. The zero-order valence-corrected chi connectivity index (χ0v) is 16.3. The number of hydrogen-bond donors (Lipinski definition) is 1. The van der Waals surface area contributed by atoms with Crippen molar-refractivity contribution in [2.45, 2.75) is 101 Å². The topological polar surface area (TPSA) is 58.4 Å². The van der Waals surface area contributed by atoms with Gasteiger partial charge >= 0.3 is 0 Å². The monoisotopic (exact) mass is 371 g/mol. The Labute approximate surface area is 162 Å². The van der Waals surface area contributed by atoms with Crippen LogP contribution < -0.4 is 5.32 Å². The third-order valence-electron chi connectivity index (χ3n) is 6.99. The minimum absolute atomic E-state index is 0.199. The fourth-order valence-electron chi connectivity index (χ4n) is 5.84. The maximum Gasteiger partial charge on any atom is 0.292 e. The van der Waals surface area contributed by atoms with E-state index in [4.69, 9.17) is 0 Å². The standard InChI is InChI=1S/C22H33N3O2/c26-25(27)22-14-7-6-13-21(22)23-17-15-19-11-8-12-20(16-17)24(19)18-9-4-2-1-3-5-10-18/h6-7,13-14,17-20,23H,1-5,8-12,15-16H2/t17-,19-,20+. The van der Waals surface area contributed by atoms with Crippen LogP contribution in [0.3, 0.4) is 0 Å². The predicted octanol–water partition coefficient (Wildman–Crippen LogP) is 5.51. The molecule has 0 radical (unpaired) electrons. The van der Waals surface area contributed by atoms with Crippen molar-refractivity contribution in [1.82, 2.24) is 4.90 Å². The summed E-state index contributed by atoms with van der Waals surface area (Å²) >= 11 is 0. The summed E-state index contributed by atoms with van der Waals surface area (Å²) in [7, 11) is 0. The van der Waals surface area contributed by atoms with E-state index >= 15 is 0 Å². The van der Waals surface area contributed by atoms with Crippen molar-refractivity contribution < 1.29 is 4.92 Å². The summed E-state index contributed by atoms with van der Waals surface area (Å²) in [5.74, 6) is 0. The van der Waals surface area contributed by atoms with E-state index in [0.717, 1.165) is 18.9 Å². The maximum absolute atomic E-state index is 11.3. The second kappa shape index (κ2) is 8.59. The van der Waals surface area contributed by atoms with Gasteiger partial charge in [0, 0.05) is 30.2 Å². The van der Waals surface area contributed by atoms with E-state index < -0.39 is 0 Å². The van der Waals surface area contributed by atoms with Crippen molar-refractivity contribution in [2.24, 2.45) is 0 Å². The highest BCUT2D eigenvalue weighted by Crippen LogP contribution is 2.40. The van der Waals surface area contributed by atoms with Gasteiger partial charge in [0.1, 0.15) is 5.69 Å². The van der Waals surface area contributed by atoms with E-state index in [0.29, 0.717) is 23.8 Å². The van der Waals surface area contributed by atoms with Crippen LogP contribution in [0.15, 0.2) is 24.3 Å². The number of fused-ring (bicyclic) bond motifs is 2. The zero-order chi connectivity index (χ0) is 18.6. The second-order valence-corrected chi connectivity index (χ2v) is 8.77. The van der Waals surface area contributed by atoms with Gasteiger partial charge in [0.15, 0.2) is 0 Å². The molecule has 0 unspecified atom stereocenters. The number of nitrogens with one attached hydrogen (secondary N) is 1. The number of benzene rings is 1. The highest BCUT2D eigenvalue weighted by molar-refractivity contribution is 5.61. The molecule has 27 heavy (non-hydrogen) atoms. The number of nitro groups is 1. The number of anilines is 1. The van der Waals surface area contributed by atoms with Crippen molar-refractivity contribution in [3.05, 3.63) is 34.4 Å². The van der Waals surface area contributed by atoms with Gasteiger partial charge in [-0.2, -0.15) is 0 Å². The number of nitrogens with zero attached hydrogens (tertiary/aromatic N) is 2. The molecule has 1 N–H and O–H groups in total. The molecule has 1 aromatic rings. The van der Waals surface area contributed by atoms with Gasteiger partial charge in [-0.15, -0.1) is 0 Å². The highest BCUT2D eigenvalue weighted by Gasteiger charge is 2.41. The molecule has 0 aromatic heterocycles. The van der Waals surface area contributed by atoms with Crippen LogP contribution in [-0.4, -0.2) is 34.0 Å². The molecule has 3 fully saturated rings. The normalized spacial score (nSPS) is 30.3. The smallest absolute Gasteiger partial charge is 0.292 e. The second-order valence-electron chi connectivity index (χ2n) is 8.77. The molecule has 1 aliphatic carbocycles. The average Bonchev–Trinajstić information content (AvgIpc) is 2.61. The quantitative estimate of drug-likeness (QED) is 0.560. The van der Waals surface area contributed by atoms with E-state index in [1.807, 2.05) is 12.1 Å². The molecule has 2 saturated heterocycles. The summed E-state index contributed by atoms with van der Waals surface area (Å²) < 4.78 is 0. The molecular formula is C22H33N3O2. The van der Waals surface area contributed by atoms with Crippen LogP contribution in [0.25, 0.3) is 0 Å². The lowest BCUT2D eigenvalue weighted by molar-refractivity contribution is -0.384. The fourth-order valence-corrected chi connectivity index (χ4v) is 5.84. The van der Waals surface area contributed by atoms with Crippen molar-refractivity contribution in [3.63, 3.8) is 0 Å². The van der Waals surface area contributed by atoms with E-state index in [1.165, 1.54) is 64.2 Å². The summed E-state index contributed by atoms with van der Waals surface area (Å²) in [6, 6.07) is 9.53. The Hall–Kier alpha value is -1.62. The van der Waals surface area contributed by atoms with E-state index in [1.54, 1.807) is 12.1 Å². The van der Waals surface area contributed by atoms with Crippen molar-refractivity contribution >= 4 is 11.4 Å². The van der Waals surface area contributed by atoms with Crippen molar-refractivity contribution in [1.29, 1.82) is 0 Å². The molecule has 2 bridgehead atoms. The Bertz CT molecular complexity index is 628. The molecule has 0 amide bonds. The molecule has 1 aromatic carbocycles. The summed E-state index contributed by atoms with van der Waals surface area (Å²) in [4.78, 5) is 14.0. The van der Waals surface area contributed by atoms with Gasteiger partial charge < -0.3 is 5.32 Å². The summed E-state index contributed by atoms with van der Waals surface area (Å²) in [5, 5.41) is 14.9. The van der Waals surface area contributed by atoms with Crippen LogP contribution >= 0.6 is 0 Å². The minimum Gasteiger partial charge on any atom is -0.377 e. The lowest BCUT2D eigenvalue weighted by Crippen LogP contribution is -2.58. The molecule has 0 spiro atoms. The Kier molecular flexibility index (Phi) is 5.96. The molecule has 2 aliphatic heterocycles. The third kappa shape index (κ3) is 4.29. The molecule has 5 heteroatoms.